The third kappa shape index (κ3) is 4.83. The van der Waals surface area contributed by atoms with Crippen LogP contribution in [0.5, 0.6) is 0 Å². The topological polar surface area (TPSA) is 12.0 Å². The second kappa shape index (κ2) is 7.58. The summed E-state index contributed by atoms with van der Waals surface area (Å²) >= 11 is 6.13. The van der Waals surface area contributed by atoms with Crippen molar-refractivity contribution in [1.82, 2.24) is 5.32 Å². The van der Waals surface area contributed by atoms with Crippen molar-refractivity contribution in [3.05, 3.63) is 70.0 Å². The SMILES string of the molecule is CCNC(Cc1cccc(C)c1)Cc1ccc(F)cc1Cl. The number of aryl methyl sites for hydroxylation is 1. The summed E-state index contributed by atoms with van der Waals surface area (Å²) in [6, 6.07) is 13.4. The molecule has 0 aliphatic heterocycles. The Labute approximate surface area is 131 Å². The highest BCUT2D eigenvalue weighted by atomic mass is 35.5. The van der Waals surface area contributed by atoms with E-state index in [1.54, 1.807) is 6.07 Å². The summed E-state index contributed by atoms with van der Waals surface area (Å²) in [5, 5.41) is 3.99. The summed E-state index contributed by atoms with van der Waals surface area (Å²) in [6.07, 6.45) is 1.73. The lowest BCUT2D eigenvalue weighted by atomic mass is 9.98. The number of halogens is 2. The van der Waals surface area contributed by atoms with Gasteiger partial charge in [-0.1, -0.05) is 54.4 Å². The minimum atomic E-state index is -0.289. The first-order valence-corrected chi connectivity index (χ1v) is 7.69. The third-order valence-electron chi connectivity index (χ3n) is 3.54. The van der Waals surface area contributed by atoms with E-state index in [0.29, 0.717) is 11.1 Å². The van der Waals surface area contributed by atoms with Crippen LogP contribution in [-0.4, -0.2) is 12.6 Å². The smallest absolute Gasteiger partial charge is 0.124 e. The van der Waals surface area contributed by atoms with Gasteiger partial charge in [0.05, 0.1) is 0 Å². The highest BCUT2D eigenvalue weighted by Crippen LogP contribution is 2.20. The van der Waals surface area contributed by atoms with E-state index in [2.05, 4.69) is 43.4 Å². The van der Waals surface area contributed by atoms with Gasteiger partial charge >= 0.3 is 0 Å². The Kier molecular flexibility index (Phi) is 5.77. The van der Waals surface area contributed by atoms with Gasteiger partial charge < -0.3 is 5.32 Å². The molecule has 0 amide bonds. The van der Waals surface area contributed by atoms with Gasteiger partial charge in [-0.05, 0) is 49.6 Å². The van der Waals surface area contributed by atoms with Crippen molar-refractivity contribution in [2.75, 3.05) is 6.54 Å². The van der Waals surface area contributed by atoms with E-state index in [-0.39, 0.29) is 5.82 Å². The van der Waals surface area contributed by atoms with Crippen LogP contribution in [0, 0.1) is 12.7 Å². The average molecular weight is 306 g/mol. The lowest BCUT2D eigenvalue weighted by Gasteiger charge is -2.19. The van der Waals surface area contributed by atoms with E-state index < -0.39 is 0 Å². The predicted molar refractivity (Wildman–Crippen MR) is 87.5 cm³/mol. The summed E-state index contributed by atoms with van der Waals surface area (Å²) in [5.41, 5.74) is 3.55. The van der Waals surface area contributed by atoms with Crippen molar-refractivity contribution in [1.29, 1.82) is 0 Å². The summed E-state index contributed by atoms with van der Waals surface area (Å²) < 4.78 is 13.1. The molecule has 0 spiro atoms. The Morgan fingerprint density at radius 1 is 1.14 bits per heavy atom. The fourth-order valence-electron chi connectivity index (χ4n) is 2.58. The number of benzene rings is 2. The molecule has 2 aromatic carbocycles. The van der Waals surface area contributed by atoms with Gasteiger partial charge in [0, 0.05) is 11.1 Å². The Balaban J connectivity index is 2.11. The van der Waals surface area contributed by atoms with Crippen LogP contribution >= 0.6 is 11.6 Å². The van der Waals surface area contributed by atoms with Gasteiger partial charge in [-0.2, -0.15) is 0 Å². The zero-order valence-corrected chi connectivity index (χ0v) is 13.3. The lowest BCUT2D eigenvalue weighted by molar-refractivity contribution is 0.521. The maximum absolute atomic E-state index is 13.1. The Morgan fingerprint density at radius 3 is 2.62 bits per heavy atom. The quantitative estimate of drug-likeness (QED) is 0.825. The van der Waals surface area contributed by atoms with Gasteiger partial charge in [-0.25, -0.2) is 4.39 Å². The molecule has 0 bridgehead atoms. The maximum atomic E-state index is 13.1. The van der Waals surface area contributed by atoms with Crippen LogP contribution in [0.3, 0.4) is 0 Å². The first-order valence-electron chi connectivity index (χ1n) is 7.31. The minimum absolute atomic E-state index is 0.289. The largest absolute Gasteiger partial charge is 0.314 e. The van der Waals surface area contributed by atoms with Gasteiger partial charge in [0.15, 0.2) is 0 Å². The third-order valence-corrected chi connectivity index (χ3v) is 3.89. The van der Waals surface area contributed by atoms with Crippen molar-refractivity contribution in [2.45, 2.75) is 32.7 Å². The summed E-state index contributed by atoms with van der Waals surface area (Å²) in [4.78, 5) is 0. The molecule has 21 heavy (non-hydrogen) atoms. The first kappa shape index (κ1) is 16.0. The van der Waals surface area contributed by atoms with E-state index in [4.69, 9.17) is 11.6 Å². The zero-order valence-electron chi connectivity index (χ0n) is 12.5. The van der Waals surface area contributed by atoms with Crippen molar-refractivity contribution < 1.29 is 4.39 Å². The molecular weight excluding hydrogens is 285 g/mol. The molecule has 0 aliphatic carbocycles. The van der Waals surface area contributed by atoms with Crippen LogP contribution in [0.15, 0.2) is 42.5 Å². The molecule has 2 aromatic rings. The van der Waals surface area contributed by atoms with E-state index in [1.807, 2.05) is 0 Å². The number of rotatable bonds is 6. The monoisotopic (exact) mass is 305 g/mol. The summed E-state index contributed by atoms with van der Waals surface area (Å²) in [7, 11) is 0. The van der Waals surface area contributed by atoms with Crippen molar-refractivity contribution in [3.8, 4) is 0 Å². The molecule has 1 nitrogen and oxygen atoms in total. The molecule has 0 aromatic heterocycles. The van der Waals surface area contributed by atoms with E-state index >= 15 is 0 Å². The molecule has 0 heterocycles. The van der Waals surface area contributed by atoms with E-state index in [0.717, 1.165) is 24.9 Å². The molecule has 0 radical (unpaired) electrons. The highest BCUT2D eigenvalue weighted by Gasteiger charge is 2.12. The van der Waals surface area contributed by atoms with Crippen LogP contribution in [0.4, 0.5) is 4.39 Å². The predicted octanol–water partition coefficient (Wildman–Crippen LogP) is 4.55. The van der Waals surface area contributed by atoms with Gasteiger partial charge in [0.2, 0.25) is 0 Å². The molecule has 3 heteroatoms. The second-order valence-electron chi connectivity index (χ2n) is 5.39. The molecule has 1 N–H and O–H groups in total. The molecular formula is C18H21ClFN. The molecule has 1 unspecified atom stereocenters. The van der Waals surface area contributed by atoms with E-state index in [9.17, 15) is 4.39 Å². The van der Waals surface area contributed by atoms with Crippen LogP contribution in [0.1, 0.15) is 23.6 Å². The molecule has 112 valence electrons. The van der Waals surface area contributed by atoms with Crippen molar-refractivity contribution in [2.24, 2.45) is 0 Å². The zero-order chi connectivity index (χ0) is 15.2. The van der Waals surface area contributed by atoms with Crippen LogP contribution < -0.4 is 5.32 Å². The highest BCUT2D eigenvalue weighted by molar-refractivity contribution is 6.31. The lowest BCUT2D eigenvalue weighted by Crippen LogP contribution is -2.33. The van der Waals surface area contributed by atoms with Crippen LogP contribution in [-0.2, 0) is 12.8 Å². The molecule has 0 fully saturated rings. The fourth-order valence-corrected chi connectivity index (χ4v) is 2.83. The Morgan fingerprint density at radius 2 is 1.95 bits per heavy atom. The molecule has 0 saturated carbocycles. The van der Waals surface area contributed by atoms with Crippen molar-refractivity contribution in [3.63, 3.8) is 0 Å². The first-order chi connectivity index (χ1) is 10.1. The number of likely N-dealkylation sites (N-methyl/N-ethyl adjacent to an activating group) is 1. The maximum Gasteiger partial charge on any atom is 0.124 e. The van der Waals surface area contributed by atoms with Gasteiger partial charge in [0.25, 0.3) is 0 Å². The number of nitrogens with one attached hydrogen (secondary N) is 1. The van der Waals surface area contributed by atoms with Gasteiger partial charge in [0.1, 0.15) is 5.82 Å². The van der Waals surface area contributed by atoms with Crippen molar-refractivity contribution >= 4 is 11.6 Å². The number of hydrogen-bond donors (Lipinski definition) is 1. The average Bonchev–Trinajstić information content (AvgIpc) is 2.42. The van der Waals surface area contributed by atoms with Crippen LogP contribution in [0.25, 0.3) is 0 Å². The van der Waals surface area contributed by atoms with E-state index in [1.165, 1.54) is 23.3 Å². The summed E-state index contributed by atoms with van der Waals surface area (Å²) in [6.45, 7) is 5.09. The number of hydrogen-bond acceptors (Lipinski definition) is 1. The van der Waals surface area contributed by atoms with Crippen LogP contribution in [0.2, 0.25) is 5.02 Å². The molecule has 0 saturated heterocycles. The molecule has 0 aliphatic rings. The van der Waals surface area contributed by atoms with Gasteiger partial charge in [-0.15, -0.1) is 0 Å². The standard InChI is InChI=1S/C18H21ClFN/c1-3-21-17(10-14-6-4-5-13(2)9-14)11-15-7-8-16(20)12-18(15)19/h4-9,12,17,21H,3,10-11H2,1-2H3. The summed E-state index contributed by atoms with van der Waals surface area (Å²) in [5.74, 6) is -0.289. The van der Waals surface area contributed by atoms with Gasteiger partial charge in [-0.3, -0.25) is 0 Å². The fraction of sp³-hybridized carbons (Fsp3) is 0.333. The minimum Gasteiger partial charge on any atom is -0.314 e. The second-order valence-corrected chi connectivity index (χ2v) is 5.79. The molecule has 2 rings (SSSR count). The Bertz CT molecular complexity index is 598. The normalized spacial score (nSPS) is 12.4. The molecule has 1 atom stereocenters. The Hall–Kier alpha value is -1.38.